The van der Waals surface area contributed by atoms with Crippen LogP contribution in [-0.2, 0) is 7.05 Å². The quantitative estimate of drug-likeness (QED) is 0.728. The Hall–Kier alpha value is -1.10. The number of nitrogens with one attached hydrogen (secondary N) is 2. The van der Waals surface area contributed by atoms with E-state index in [0.29, 0.717) is 11.2 Å². The average Bonchev–Trinajstić information content (AvgIpc) is 2.28. The molecule has 4 nitrogen and oxygen atoms in total. The highest BCUT2D eigenvalue weighted by molar-refractivity contribution is 7.80. The van der Waals surface area contributed by atoms with Gasteiger partial charge in [0.15, 0.2) is 5.11 Å². The van der Waals surface area contributed by atoms with Crippen molar-refractivity contribution in [3.8, 4) is 0 Å². The summed E-state index contributed by atoms with van der Waals surface area (Å²) in [5.74, 6) is 0.903. The Morgan fingerprint density at radius 1 is 1.57 bits per heavy atom. The molecule has 0 aromatic carbocycles. The van der Waals surface area contributed by atoms with Gasteiger partial charge in [-0.1, -0.05) is 0 Å². The van der Waals surface area contributed by atoms with Gasteiger partial charge >= 0.3 is 0 Å². The molecule has 0 amide bonds. The number of nitrogens with zero attached hydrogens (tertiary/aromatic N) is 2. The third-order valence-corrected chi connectivity index (χ3v) is 1.88. The first kappa shape index (κ1) is 11.0. The number of hydrogen-bond donors (Lipinski definition) is 2. The lowest BCUT2D eigenvalue weighted by molar-refractivity contribution is 0.734. The van der Waals surface area contributed by atoms with Gasteiger partial charge in [0.25, 0.3) is 0 Å². The number of aryl methyl sites for hydroxylation is 2. The van der Waals surface area contributed by atoms with Gasteiger partial charge in [-0.3, -0.25) is 4.68 Å². The van der Waals surface area contributed by atoms with Gasteiger partial charge in [-0.2, -0.15) is 5.10 Å². The zero-order valence-electron chi connectivity index (χ0n) is 8.96. The van der Waals surface area contributed by atoms with Gasteiger partial charge in [0.1, 0.15) is 5.82 Å². The van der Waals surface area contributed by atoms with Crippen molar-refractivity contribution < 1.29 is 0 Å². The summed E-state index contributed by atoms with van der Waals surface area (Å²) in [7, 11) is 1.88. The summed E-state index contributed by atoms with van der Waals surface area (Å²) in [5, 5.41) is 11.0. The lowest BCUT2D eigenvalue weighted by Crippen LogP contribution is -2.34. The van der Waals surface area contributed by atoms with Gasteiger partial charge in [0.2, 0.25) is 0 Å². The number of aromatic nitrogens is 2. The van der Waals surface area contributed by atoms with Crippen LogP contribution in [0.25, 0.3) is 0 Å². The average molecular weight is 212 g/mol. The predicted molar refractivity (Wildman–Crippen MR) is 62.4 cm³/mol. The topological polar surface area (TPSA) is 41.9 Å². The molecule has 0 aliphatic carbocycles. The highest BCUT2D eigenvalue weighted by Crippen LogP contribution is 2.07. The Labute approximate surface area is 89.7 Å². The van der Waals surface area contributed by atoms with E-state index < -0.39 is 0 Å². The van der Waals surface area contributed by atoms with Crippen molar-refractivity contribution in [1.29, 1.82) is 0 Å². The van der Waals surface area contributed by atoms with Gasteiger partial charge in [-0.15, -0.1) is 0 Å². The monoisotopic (exact) mass is 212 g/mol. The molecule has 0 radical (unpaired) electrons. The molecular formula is C9H16N4S. The van der Waals surface area contributed by atoms with Crippen LogP contribution in [0.4, 0.5) is 5.82 Å². The van der Waals surface area contributed by atoms with Crippen LogP contribution in [0.3, 0.4) is 0 Å². The molecule has 5 heteroatoms. The summed E-state index contributed by atoms with van der Waals surface area (Å²) < 4.78 is 1.77. The molecule has 1 rings (SSSR count). The van der Waals surface area contributed by atoms with E-state index in [1.807, 2.05) is 33.9 Å². The summed E-state index contributed by atoms with van der Waals surface area (Å²) in [5.41, 5.74) is 0.974. The third kappa shape index (κ3) is 2.99. The fourth-order valence-electron chi connectivity index (χ4n) is 1.14. The molecule has 0 aliphatic heterocycles. The van der Waals surface area contributed by atoms with Crippen LogP contribution in [0.1, 0.15) is 19.5 Å². The molecule has 0 atom stereocenters. The van der Waals surface area contributed by atoms with Gasteiger partial charge in [-0.25, -0.2) is 0 Å². The fourth-order valence-corrected chi connectivity index (χ4v) is 1.48. The van der Waals surface area contributed by atoms with Gasteiger partial charge < -0.3 is 10.6 Å². The van der Waals surface area contributed by atoms with E-state index in [1.54, 1.807) is 4.68 Å². The van der Waals surface area contributed by atoms with Crippen molar-refractivity contribution in [1.82, 2.24) is 15.1 Å². The van der Waals surface area contributed by atoms with E-state index in [1.165, 1.54) is 0 Å². The Morgan fingerprint density at radius 2 is 2.21 bits per heavy atom. The molecule has 1 heterocycles. The summed E-state index contributed by atoms with van der Waals surface area (Å²) in [6.45, 7) is 6.04. The van der Waals surface area contributed by atoms with Crippen molar-refractivity contribution in [2.45, 2.75) is 26.8 Å². The second kappa shape index (κ2) is 4.41. The van der Waals surface area contributed by atoms with E-state index in [9.17, 15) is 0 Å². The number of hydrogen-bond acceptors (Lipinski definition) is 2. The van der Waals surface area contributed by atoms with Crippen molar-refractivity contribution in [3.05, 3.63) is 11.8 Å². The van der Waals surface area contributed by atoms with Gasteiger partial charge in [0, 0.05) is 19.2 Å². The lowest BCUT2D eigenvalue weighted by atomic mass is 10.4. The van der Waals surface area contributed by atoms with Crippen molar-refractivity contribution in [3.63, 3.8) is 0 Å². The molecule has 1 aromatic heterocycles. The third-order valence-electron chi connectivity index (χ3n) is 1.66. The molecule has 1 aromatic rings. The van der Waals surface area contributed by atoms with Crippen molar-refractivity contribution in [2.24, 2.45) is 7.05 Å². The Bertz CT molecular complexity index is 330. The minimum absolute atomic E-state index is 0.337. The van der Waals surface area contributed by atoms with Crippen LogP contribution in [0, 0.1) is 6.92 Å². The molecule has 0 unspecified atom stereocenters. The summed E-state index contributed by atoms with van der Waals surface area (Å²) in [6.07, 6.45) is 0. The second-order valence-electron chi connectivity index (χ2n) is 3.55. The molecule has 14 heavy (non-hydrogen) atoms. The zero-order chi connectivity index (χ0) is 10.7. The Kier molecular flexibility index (Phi) is 3.46. The smallest absolute Gasteiger partial charge is 0.172 e. The summed E-state index contributed by atoms with van der Waals surface area (Å²) in [4.78, 5) is 0. The van der Waals surface area contributed by atoms with Crippen LogP contribution >= 0.6 is 12.2 Å². The maximum atomic E-state index is 5.12. The summed E-state index contributed by atoms with van der Waals surface area (Å²) >= 11 is 5.12. The van der Waals surface area contributed by atoms with E-state index in [2.05, 4.69) is 15.7 Å². The first-order valence-electron chi connectivity index (χ1n) is 4.57. The zero-order valence-corrected chi connectivity index (χ0v) is 9.77. The van der Waals surface area contributed by atoms with Crippen LogP contribution in [0.2, 0.25) is 0 Å². The van der Waals surface area contributed by atoms with Crippen molar-refractivity contribution >= 4 is 23.1 Å². The lowest BCUT2D eigenvalue weighted by Gasteiger charge is -2.12. The first-order chi connectivity index (χ1) is 6.49. The van der Waals surface area contributed by atoms with Crippen LogP contribution in [-0.4, -0.2) is 20.9 Å². The molecule has 0 bridgehead atoms. The van der Waals surface area contributed by atoms with E-state index in [4.69, 9.17) is 12.2 Å². The number of thiocarbonyl (C=S) groups is 1. The Morgan fingerprint density at radius 3 is 2.64 bits per heavy atom. The molecule has 0 saturated carbocycles. The molecule has 0 spiro atoms. The maximum Gasteiger partial charge on any atom is 0.172 e. The fraction of sp³-hybridized carbons (Fsp3) is 0.556. The van der Waals surface area contributed by atoms with Crippen LogP contribution < -0.4 is 10.6 Å². The van der Waals surface area contributed by atoms with E-state index in [0.717, 1.165) is 11.5 Å². The SMILES string of the molecule is Cc1cc(NC(=S)NC(C)C)n(C)n1. The first-order valence-corrected chi connectivity index (χ1v) is 4.98. The predicted octanol–water partition coefficient (Wildman–Crippen LogP) is 1.42. The summed E-state index contributed by atoms with van der Waals surface area (Å²) in [6, 6.07) is 2.29. The minimum Gasteiger partial charge on any atom is -0.360 e. The normalized spacial score (nSPS) is 10.4. The molecule has 2 N–H and O–H groups in total. The van der Waals surface area contributed by atoms with Gasteiger partial charge in [-0.05, 0) is 33.0 Å². The molecule has 0 aliphatic rings. The highest BCUT2D eigenvalue weighted by atomic mass is 32.1. The standard InChI is InChI=1S/C9H16N4S/c1-6(2)10-9(14)11-8-5-7(3)12-13(8)4/h5-6H,1-4H3,(H2,10,11,14). The highest BCUT2D eigenvalue weighted by Gasteiger charge is 2.04. The molecule has 0 saturated heterocycles. The molecule has 78 valence electrons. The van der Waals surface area contributed by atoms with Gasteiger partial charge in [0.05, 0.1) is 5.69 Å². The van der Waals surface area contributed by atoms with E-state index in [-0.39, 0.29) is 0 Å². The van der Waals surface area contributed by atoms with Crippen LogP contribution in [0.15, 0.2) is 6.07 Å². The Balaban J connectivity index is 2.60. The van der Waals surface area contributed by atoms with E-state index >= 15 is 0 Å². The van der Waals surface area contributed by atoms with Crippen LogP contribution in [0.5, 0.6) is 0 Å². The number of anilines is 1. The maximum absolute atomic E-state index is 5.12. The number of rotatable bonds is 2. The minimum atomic E-state index is 0.337. The second-order valence-corrected chi connectivity index (χ2v) is 3.96. The molecule has 0 fully saturated rings. The molecular weight excluding hydrogens is 196 g/mol. The van der Waals surface area contributed by atoms with Crippen molar-refractivity contribution in [2.75, 3.05) is 5.32 Å². The largest absolute Gasteiger partial charge is 0.360 e.